The molecule has 0 aliphatic carbocycles. The van der Waals surface area contributed by atoms with Crippen molar-refractivity contribution in [2.75, 3.05) is 39.4 Å². The molecule has 1 aromatic heterocycles. The second-order valence-corrected chi connectivity index (χ2v) is 6.51. The van der Waals surface area contributed by atoms with Crippen molar-refractivity contribution in [1.29, 1.82) is 0 Å². The fourth-order valence-electron chi connectivity index (χ4n) is 2.56. The molecule has 2 heterocycles. The minimum atomic E-state index is 0.0744. The topological polar surface area (TPSA) is 41.6 Å². The van der Waals surface area contributed by atoms with Gasteiger partial charge in [0.15, 0.2) is 0 Å². The van der Waals surface area contributed by atoms with Crippen LogP contribution in [0, 0.1) is 0 Å². The molecule has 0 spiro atoms. The van der Waals surface area contributed by atoms with Crippen molar-refractivity contribution in [3.8, 4) is 0 Å². The van der Waals surface area contributed by atoms with Gasteiger partial charge in [0.1, 0.15) is 0 Å². The van der Waals surface area contributed by atoms with E-state index in [4.69, 9.17) is 4.74 Å². The van der Waals surface area contributed by atoms with E-state index in [9.17, 15) is 4.79 Å². The van der Waals surface area contributed by atoms with Crippen molar-refractivity contribution in [3.63, 3.8) is 0 Å². The van der Waals surface area contributed by atoms with E-state index < -0.39 is 0 Å². The van der Waals surface area contributed by atoms with Crippen LogP contribution < -0.4 is 5.32 Å². The number of nitrogens with zero attached hydrogens (tertiary/aromatic N) is 1. The van der Waals surface area contributed by atoms with Gasteiger partial charge in [0.05, 0.1) is 18.1 Å². The zero-order chi connectivity index (χ0) is 15.1. The van der Waals surface area contributed by atoms with E-state index in [0.717, 1.165) is 57.0 Å². The first-order chi connectivity index (χ1) is 10.2. The summed E-state index contributed by atoms with van der Waals surface area (Å²) in [5.74, 6) is 0.0744. The van der Waals surface area contributed by atoms with Gasteiger partial charge >= 0.3 is 0 Å². The number of morpholine rings is 1. The van der Waals surface area contributed by atoms with Crippen LogP contribution in [-0.4, -0.2) is 50.2 Å². The Hall–Kier alpha value is -0.910. The molecule has 1 amide bonds. The normalized spacial score (nSPS) is 16.1. The summed E-state index contributed by atoms with van der Waals surface area (Å²) in [5, 5.41) is 3.04. The number of amides is 1. The Labute approximate surface area is 131 Å². The van der Waals surface area contributed by atoms with Crippen LogP contribution in [-0.2, 0) is 17.6 Å². The minimum Gasteiger partial charge on any atom is -0.379 e. The number of ether oxygens (including phenoxy) is 1. The lowest BCUT2D eigenvalue weighted by Crippen LogP contribution is -2.41. The fraction of sp³-hybridized carbons (Fsp3) is 0.688. The van der Waals surface area contributed by atoms with E-state index in [1.165, 1.54) is 10.4 Å². The van der Waals surface area contributed by atoms with Gasteiger partial charge in [0, 0.05) is 31.1 Å². The van der Waals surface area contributed by atoms with Gasteiger partial charge in [-0.15, -0.1) is 11.3 Å². The Morgan fingerprint density at radius 3 is 2.81 bits per heavy atom. The zero-order valence-corrected chi connectivity index (χ0v) is 13.9. The van der Waals surface area contributed by atoms with Crippen molar-refractivity contribution in [1.82, 2.24) is 10.2 Å². The molecule has 1 fully saturated rings. The van der Waals surface area contributed by atoms with Crippen LogP contribution >= 0.6 is 11.3 Å². The van der Waals surface area contributed by atoms with Gasteiger partial charge in [-0.2, -0.15) is 0 Å². The standard InChI is InChI=1S/C16H26N2O2S/c1-3-5-14-13(4-2)12-15(21-14)16(19)17-6-7-18-8-10-20-11-9-18/h12H,3-11H2,1-2H3,(H,17,19). The van der Waals surface area contributed by atoms with Crippen molar-refractivity contribution in [2.24, 2.45) is 0 Å². The summed E-state index contributed by atoms with van der Waals surface area (Å²) < 4.78 is 5.32. The smallest absolute Gasteiger partial charge is 0.261 e. The number of carbonyl (C=O) groups excluding carboxylic acids is 1. The van der Waals surface area contributed by atoms with Crippen LogP contribution in [0.15, 0.2) is 6.07 Å². The highest BCUT2D eigenvalue weighted by Gasteiger charge is 2.14. The third kappa shape index (κ3) is 4.80. The van der Waals surface area contributed by atoms with E-state index in [1.807, 2.05) is 0 Å². The van der Waals surface area contributed by atoms with Gasteiger partial charge in [-0.05, 0) is 24.5 Å². The Bertz CT molecular complexity index is 453. The Morgan fingerprint density at radius 2 is 2.14 bits per heavy atom. The summed E-state index contributed by atoms with van der Waals surface area (Å²) in [6.07, 6.45) is 3.22. The number of carbonyl (C=O) groups is 1. The molecule has 2 rings (SSSR count). The maximum Gasteiger partial charge on any atom is 0.261 e. The second-order valence-electron chi connectivity index (χ2n) is 5.37. The van der Waals surface area contributed by atoms with E-state index >= 15 is 0 Å². The first-order valence-corrected chi connectivity index (χ1v) is 8.76. The number of thiophene rings is 1. The predicted octanol–water partition coefficient (Wildman–Crippen LogP) is 2.33. The van der Waals surface area contributed by atoms with Gasteiger partial charge in [-0.3, -0.25) is 9.69 Å². The number of rotatable bonds is 7. The highest BCUT2D eigenvalue weighted by Crippen LogP contribution is 2.24. The molecule has 5 heteroatoms. The largest absolute Gasteiger partial charge is 0.379 e. The molecule has 1 aliphatic heterocycles. The van der Waals surface area contributed by atoms with Gasteiger partial charge in [0.2, 0.25) is 0 Å². The van der Waals surface area contributed by atoms with Gasteiger partial charge in [-0.25, -0.2) is 0 Å². The molecule has 0 radical (unpaired) electrons. The highest BCUT2D eigenvalue weighted by atomic mass is 32.1. The van der Waals surface area contributed by atoms with Crippen LogP contribution in [0.3, 0.4) is 0 Å². The summed E-state index contributed by atoms with van der Waals surface area (Å²) >= 11 is 1.66. The van der Waals surface area contributed by atoms with Crippen LogP contribution in [0.5, 0.6) is 0 Å². The van der Waals surface area contributed by atoms with Gasteiger partial charge in [-0.1, -0.05) is 20.3 Å². The molecule has 1 saturated heterocycles. The first-order valence-electron chi connectivity index (χ1n) is 7.94. The van der Waals surface area contributed by atoms with E-state index in [-0.39, 0.29) is 5.91 Å². The average Bonchev–Trinajstić information content (AvgIpc) is 2.92. The molecule has 0 aromatic carbocycles. The molecule has 21 heavy (non-hydrogen) atoms. The van der Waals surface area contributed by atoms with Crippen molar-refractivity contribution < 1.29 is 9.53 Å². The van der Waals surface area contributed by atoms with Crippen LogP contribution in [0.2, 0.25) is 0 Å². The Kier molecular flexibility index (Phi) is 6.67. The number of hydrogen-bond acceptors (Lipinski definition) is 4. The highest BCUT2D eigenvalue weighted by molar-refractivity contribution is 7.14. The number of aryl methyl sites for hydroxylation is 2. The summed E-state index contributed by atoms with van der Waals surface area (Å²) in [5.41, 5.74) is 1.33. The molecule has 0 saturated carbocycles. The molecule has 118 valence electrons. The monoisotopic (exact) mass is 310 g/mol. The molecular formula is C16H26N2O2S. The van der Waals surface area contributed by atoms with E-state index in [0.29, 0.717) is 6.54 Å². The molecule has 1 N–H and O–H groups in total. The third-order valence-electron chi connectivity index (χ3n) is 3.80. The summed E-state index contributed by atoms with van der Waals surface area (Å²) in [6.45, 7) is 9.50. The van der Waals surface area contributed by atoms with Crippen molar-refractivity contribution in [3.05, 3.63) is 21.4 Å². The minimum absolute atomic E-state index is 0.0744. The quantitative estimate of drug-likeness (QED) is 0.840. The van der Waals surface area contributed by atoms with Crippen LogP contribution in [0.25, 0.3) is 0 Å². The molecule has 0 unspecified atom stereocenters. The molecule has 1 aliphatic rings. The Balaban J connectivity index is 1.82. The lowest BCUT2D eigenvalue weighted by Gasteiger charge is -2.26. The lowest BCUT2D eigenvalue weighted by molar-refractivity contribution is 0.0383. The fourth-order valence-corrected chi connectivity index (χ4v) is 3.83. The van der Waals surface area contributed by atoms with E-state index in [2.05, 4.69) is 30.1 Å². The molecule has 0 bridgehead atoms. The van der Waals surface area contributed by atoms with Crippen molar-refractivity contribution in [2.45, 2.75) is 33.1 Å². The third-order valence-corrected chi connectivity index (χ3v) is 5.03. The molecule has 0 atom stereocenters. The van der Waals surface area contributed by atoms with Crippen LogP contribution in [0.4, 0.5) is 0 Å². The number of hydrogen-bond donors (Lipinski definition) is 1. The SMILES string of the molecule is CCCc1sc(C(=O)NCCN2CCOCC2)cc1CC. The zero-order valence-electron chi connectivity index (χ0n) is 13.1. The summed E-state index contributed by atoms with van der Waals surface area (Å²) in [6, 6.07) is 2.07. The molecular weight excluding hydrogens is 284 g/mol. The maximum atomic E-state index is 12.2. The average molecular weight is 310 g/mol. The maximum absolute atomic E-state index is 12.2. The lowest BCUT2D eigenvalue weighted by atomic mass is 10.1. The van der Waals surface area contributed by atoms with Crippen LogP contribution in [0.1, 0.15) is 40.4 Å². The molecule has 1 aromatic rings. The van der Waals surface area contributed by atoms with Crippen molar-refractivity contribution >= 4 is 17.2 Å². The predicted molar refractivity (Wildman–Crippen MR) is 87.3 cm³/mol. The second kappa shape index (κ2) is 8.51. The molecule has 4 nitrogen and oxygen atoms in total. The van der Waals surface area contributed by atoms with E-state index in [1.54, 1.807) is 11.3 Å². The van der Waals surface area contributed by atoms with Gasteiger partial charge in [0.25, 0.3) is 5.91 Å². The summed E-state index contributed by atoms with van der Waals surface area (Å²) in [7, 11) is 0. The first kappa shape index (κ1) is 16.5. The summed E-state index contributed by atoms with van der Waals surface area (Å²) in [4.78, 5) is 16.8. The van der Waals surface area contributed by atoms with Gasteiger partial charge < -0.3 is 10.1 Å². The number of nitrogens with one attached hydrogen (secondary N) is 1. The Morgan fingerprint density at radius 1 is 1.38 bits per heavy atom.